The van der Waals surface area contributed by atoms with Gasteiger partial charge in [-0.05, 0) is 98.3 Å². The second-order valence-electron chi connectivity index (χ2n) is 13.4. The Bertz CT molecular complexity index is 1540. The van der Waals surface area contributed by atoms with Gasteiger partial charge in [-0.3, -0.25) is 14.3 Å². The zero-order valence-electron chi connectivity index (χ0n) is 25.5. The third-order valence-electron chi connectivity index (χ3n) is 10.5. The van der Waals surface area contributed by atoms with E-state index in [-0.39, 0.29) is 11.9 Å². The molecular formula is C34H41ClN8O2. The Morgan fingerprint density at radius 3 is 2.51 bits per heavy atom. The molecule has 0 atom stereocenters. The van der Waals surface area contributed by atoms with Crippen molar-refractivity contribution in [1.29, 1.82) is 0 Å². The molecule has 236 valence electrons. The van der Waals surface area contributed by atoms with E-state index in [2.05, 4.69) is 42.5 Å². The number of rotatable bonds is 10. The van der Waals surface area contributed by atoms with Gasteiger partial charge in [0, 0.05) is 37.9 Å². The van der Waals surface area contributed by atoms with Crippen LogP contribution in [-0.2, 0) is 16.1 Å². The van der Waals surface area contributed by atoms with Gasteiger partial charge in [0.25, 0.3) is 0 Å². The highest BCUT2D eigenvalue weighted by Crippen LogP contribution is 2.57. The number of carbonyl (C=O) groups excluding carboxylic acids is 2. The first kappa shape index (κ1) is 29.8. The molecule has 3 aromatic rings. The number of anilines is 4. The maximum Gasteiger partial charge on any atom is 0.247 e. The molecule has 0 spiro atoms. The molecule has 1 saturated heterocycles. The van der Waals surface area contributed by atoms with Crippen LogP contribution >= 0.6 is 11.6 Å². The summed E-state index contributed by atoms with van der Waals surface area (Å²) < 4.78 is 2.00. The molecule has 3 heterocycles. The van der Waals surface area contributed by atoms with Crippen LogP contribution in [0.25, 0.3) is 0 Å². The number of benzene rings is 1. The third-order valence-corrected chi connectivity index (χ3v) is 10.7. The lowest BCUT2D eigenvalue weighted by molar-refractivity contribution is -0.137. The molecule has 8 rings (SSSR count). The van der Waals surface area contributed by atoms with Gasteiger partial charge in [0.2, 0.25) is 17.8 Å². The van der Waals surface area contributed by atoms with Crippen LogP contribution in [0.2, 0.25) is 5.02 Å². The monoisotopic (exact) mass is 628 g/mol. The average molecular weight is 629 g/mol. The van der Waals surface area contributed by atoms with Gasteiger partial charge in [0.05, 0.1) is 24.1 Å². The molecule has 1 aliphatic heterocycles. The summed E-state index contributed by atoms with van der Waals surface area (Å²) in [6.07, 6.45) is 16.0. The Kier molecular flexibility index (Phi) is 8.49. The lowest BCUT2D eigenvalue weighted by Crippen LogP contribution is -2.47. The first-order valence-electron chi connectivity index (χ1n) is 16.3. The molecule has 4 bridgehead atoms. The number of hydrogen-bond acceptors (Lipinski definition) is 7. The zero-order valence-corrected chi connectivity index (χ0v) is 26.3. The van der Waals surface area contributed by atoms with Gasteiger partial charge < -0.3 is 20.9 Å². The van der Waals surface area contributed by atoms with E-state index >= 15 is 0 Å². The maximum absolute atomic E-state index is 13.3. The first-order chi connectivity index (χ1) is 21.9. The van der Waals surface area contributed by atoms with Gasteiger partial charge in [0.1, 0.15) is 5.02 Å². The highest BCUT2D eigenvalue weighted by molar-refractivity contribution is 6.32. The van der Waals surface area contributed by atoms with Gasteiger partial charge in [-0.25, -0.2) is 4.98 Å². The van der Waals surface area contributed by atoms with E-state index in [1.165, 1.54) is 38.2 Å². The predicted molar refractivity (Wildman–Crippen MR) is 175 cm³/mol. The number of nitrogens with zero attached hydrogens (tertiary/aromatic N) is 5. The van der Waals surface area contributed by atoms with E-state index in [0.717, 1.165) is 67.3 Å². The molecule has 4 saturated carbocycles. The number of hydrogen-bond donors (Lipinski definition) is 3. The van der Waals surface area contributed by atoms with E-state index in [0.29, 0.717) is 40.8 Å². The van der Waals surface area contributed by atoms with Crippen molar-refractivity contribution in [3.63, 3.8) is 0 Å². The smallest absolute Gasteiger partial charge is 0.247 e. The largest absolute Gasteiger partial charge is 0.365 e. The second-order valence-corrected chi connectivity index (χ2v) is 13.8. The van der Waals surface area contributed by atoms with Crippen molar-refractivity contribution in [2.45, 2.75) is 64.0 Å². The number of carbonyl (C=O) groups is 2. The van der Waals surface area contributed by atoms with Gasteiger partial charge in [-0.1, -0.05) is 30.3 Å². The molecule has 10 nitrogen and oxygen atoms in total. The van der Waals surface area contributed by atoms with Crippen LogP contribution in [0.1, 0.15) is 63.0 Å². The quantitative estimate of drug-likeness (QED) is 0.221. The van der Waals surface area contributed by atoms with Crippen LogP contribution < -0.4 is 16.0 Å². The maximum atomic E-state index is 13.3. The fraction of sp³-hybridized carbons (Fsp3) is 0.500. The van der Waals surface area contributed by atoms with Crippen molar-refractivity contribution in [3.05, 3.63) is 66.1 Å². The van der Waals surface area contributed by atoms with Crippen LogP contribution in [0.5, 0.6) is 0 Å². The second kappa shape index (κ2) is 12.8. The molecule has 1 aromatic carbocycles. The van der Waals surface area contributed by atoms with E-state index in [1.54, 1.807) is 12.4 Å². The number of piperidine rings is 1. The van der Waals surface area contributed by atoms with E-state index < -0.39 is 0 Å². The minimum absolute atomic E-state index is 0.251. The minimum Gasteiger partial charge on any atom is -0.365 e. The van der Waals surface area contributed by atoms with Crippen LogP contribution in [0, 0.1) is 29.6 Å². The molecule has 0 unspecified atom stereocenters. The van der Waals surface area contributed by atoms with Crippen LogP contribution in [-0.4, -0.2) is 49.6 Å². The van der Waals surface area contributed by atoms with Crippen molar-refractivity contribution >= 4 is 46.6 Å². The predicted octanol–water partition coefficient (Wildman–Crippen LogP) is 6.43. The standard InChI is InChI=1S/C34H41ClN8O2/c1-2-31(44)39-26-5-3-4-21(15-26)17-36-33-30(35)19-37-34(41-33)40-27-18-38-43(20-27)28-6-8-42(9-7-28)32(45)16-29-24-11-22-10-23(13-24)14-25(29)12-22/h2-5,15,18-20,22-25,28-29H,1,6-14,16-17H2,(H,39,44)(H2,36,37,40,41). The number of halogens is 1. The number of nitrogens with one attached hydrogen (secondary N) is 3. The summed E-state index contributed by atoms with van der Waals surface area (Å²) in [5.41, 5.74) is 2.42. The van der Waals surface area contributed by atoms with Gasteiger partial charge >= 0.3 is 0 Å². The molecule has 4 aliphatic carbocycles. The normalized spacial score (nSPS) is 25.6. The Hall–Kier alpha value is -3.92. The van der Waals surface area contributed by atoms with Crippen molar-refractivity contribution in [2.24, 2.45) is 29.6 Å². The summed E-state index contributed by atoms with van der Waals surface area (Å²) in [4.78, 5) is 36.0. The molecule has 3 N–H and O–H groups in total. The summed E-state index contributed by atoms with van der Waals surface area (Å²) in [5, 5.41) is 14.3. The highest BCUT2D eigenvalue weighted by Gasteiger charge is 2.48. The molecular weight excluding hydrogens is 588 g/mol. The van der Waals surface area contributed by atoms with Crippen molar-refractivity contribution in [3.8, 4) is 0 Å². The van der Waals surface area contributed by atoms with Gasteiger partial charge in [0.15, 0.2) is 5.82 Å². The average Bonchev–Trinajstić information content (AvgIpc) is 3.51. The molecule has 0 radical (unpaired) electrons. The van der Waals surface area contributed by atoms with E-state index in [4.69, 9.17) is 11.6 Å². The molecule has 2 aromatic heterocycles. The summed E-state index contributed by atoms with van der Waals surface area (Å²) in [7, 11) is 0. The number of likely N-dealkylation sites (tertiary alicyclic amines) is 1. The lowest BCUT2D eigenvalue weighted by Gasteiger charge is -2.54. The fourth-order valence-electron chi connectivity index (χ4n) is 8.50. The summed E-state index contributed by atoms with van der Waals surface area (Å²) in [6, 6.07) is 7.76. The van der Waals surface area contributed by atoms with E-state index in [1.807, 2.05) is 35.1 Å². The Morgan fingerprint density at radius 2 is 1.78 bits per heavy atom. The summed E-state index contributed by atoms with van der Waals surface area (Å²) in [5.74, 6) is 5.10. The van der Waals surface area contributed by atoms with Crippen molar-refractivity contribution < 1.29 is 9.59 Å². The molecule has 5 aliphatic rings. The summed E-state index contributed by atoms with van der Waals surface area (Å²) >= 11 is 6.38. The SMILES string of the molecule is C=CC(=O)Nc1cccc(CNc2nc(Nc3cnn(C4CCN(C(=O)CC5C6CC7CC(C6)CC5C7)CC4)c3)ncc2Cl)c1. The van der Waals surface area contributed by atoms with Crippen LogP contribution in [0.15, 0.2) is 55.5 Å². The Labute approximate surface area is 269 Å². The van der Waals surface area contributed by atoms with Crippen LogP contribution in [0.4, 0.5) is 23.1 Å². The van der Waals surface area contributed by atoms with Crippen LogP contribution in [0.3, 0.4) is 0 Å². The lowest BCUT2D eigenvalue weighted by atomic mass is 9.51. The topological polar surface area (TPSA) is 117 Å². The van der Waals surface area contributed by atoms with Gasteiger partial charge in [-0.15, -0.1) is 0 Å². The molecule has 2 amide bonds. The molecule has 11 heteroatoms. The fourth-order valence-corrected chi connectivity index (χ4v) is 8.66. The van der Waals surface area contributed by atoms with Gasteiger partial charge in [-0.2, -0.15) is 10.1 Å². The summed E-state index contributed by atoms with van der Waals surface area (Å²) in [6.45, 7) is 5.52. The first-order valence-corrected chi connectivity index (χ1v) is 16.7. The Balaban J connectivity index is 0.906. The molecule has 5 fully saturated rings. The number of aromatic nitrogens is 4. The van der Waals surface area contributed by atoms with Crippen molar-refractivity contribution in [2.75, 3.05) is 29.0 Å². The minimum atomic E-state index is -0.263. The van der Waals surface area contributed by atoms with E-state index in [9.17, 15) is 9.59 Å². The zero-order chi connectivity index (χ0) is 30.9. The number of amides is 2. The van der Waals surface area contributed by atoms with Crippen molar-refractivity contribution in [1.82, 2.24) is 24.6 Å². The molecule has 45 heavy (non-hydrogen) atoms. The third kappa shape index (κ3) is 6.71. The highest BCUT2D eigenvalue weighted by atomic mass is 35.5. The Morgan fingerprint density at radius 1 is 1.02 bits per heavy atom.